The zero-order valence-electron chi connectivity index (χ0n) is 10.8. The molecule has 1 atom stereocenters. The molecule has 0 N–H and O–H groups in total. The van der Waals surface area contributed by atoms with E-state index >= 15 is 0 Å². The molecule has 0 aliphatic rings. The summed E-state index contributed by atoms with van der Waals surface area (Å²) in [5, 5.41) is 0.668. The van der Waals surface area contributed by atoms with Gasteiger partial charge in [-0.3, -0.25) is 4.57 Å². The van der Waals surface area contributed by atoms with E-state index in [0.29, 0.717) is 17.3 Å². The second-order valence-corrected chi connectivity index (χ2v) is 7.34. The lowest BCUT2D eigenvalue weighted by atomic mass is 10.4. The summed E-state index contributed by atoms with van der Waals surface area (Å²) in [5.41, 5.74) is 1.28. The van der Waals surface area contributed by atoms with E-state index in [-0.39, 0.29) is 0 Å². The third-order valence-electron chi connectivity index (χ3n) is 2.61. The van der Waals surface area contributed by atoms with Gasteiger partial charge in [-0.05, 0) is 38.1 Å². The molecule has 0 spiro atoms. The first-order valence-corrected chi connectivity index (χ1v) is 8.43. The van der Waals surface area contributed by atoms with Gasteiger partial charge in [0.15, 0.2) is 0 Å². The van der Waals surface area contributed by atoms with Gasteiger partial charge in [0.05, 0.1) is 6.61 Å². The van der Waals surface area contributed by atoms with E-state index in [9.17, 15) is 4.57 Å². The number of nitrogens with zero attached hydrogens (tertiary/aromatic N) is 1. The van der Waals surface area contributed by atoms with Crippen molar-refractivity contribution in [1.29, 1.82) is 0 Å². The first-order valence-electron chi connectivity index (χ1n) is 6.01. The van der Waals surface area contributed by atoms with Gasteiger partial charge in [-0.2, -0.15) is 0 Å². The fraction of sp³-hybridized carbons (Fsp3) is 0.214. The second-order valence-electron chi connectivity index (χ2n) is 4.09. The van der Waals surface area contributed by atoms with E-state index in [4.69, 9.17) is 4.52 Å². The third-order valence-corrected chi connectivity index (χ3v) is 5.50. The Morgan fingerprint density at radius 3 is 2.53 bits per heavy atom. The molecule has 19 heavy (non-hydrogen) atoms. The molecule has 0 saturated heterocycles. The predicted molar refractivity (Wildman–Crippen MR) is 81.6 cm³/mol. The van der Waals surface area contributed by atoms with Crippen molar-refractivity contribution in [2.24, 2.45) is 0 Å². The van der Waals surface area contributed by atoms with Crippen LogP contribution in [0, 0.1) is 6.92 Å². The van der Waals surface area contributed by atoms with Gasteiger partial charge in [0, 0.05) is 15.5 Å². The second kappa shape index (κ2) is 6.00. The van der Waals surface area contributed by atoms with Crippen molar-refractivity contribution in [2.75, 3.05) is 6.61 Å². The highest BCUT2D eigenvalue weighted by Gasteiger charge is 2.30. The van der Waals surface area contributed by atoms with Gasteiger partial charge < -0.3 is 4.52 Å². The van der Waals surface area contributed by atoms with Crippen molar-refractivity contribution in [3.8, 4) is 0 Å². The van der Waals surface area contributed by atoms with Crippen LogP contribution in [0.25, 0.3) is 0 Å². The lowest BCUT2D eigenvalue weighted by Crippen LogP contribution is -2.21. The number of aromatic nitrogens is 1. The van der Waals surface area contributed by atoms with Crippen molar-refractivity contribution in [3.63, 3.8) is 0 Å². The van der Waals surface area contributed by atoms with E-state index in [2.05, 4.69) is 20.9 Å². The predicted octanol–water partition coefficient (Wildman–Crippen LogP) is 3.42. The molecule has 0 radical (unpaired) electrons. The summed E-state index contributed by atoms with van der Waals surface area (Å²) in [6.07, 6.45) is 0. The Kier molecular flexibility index (Phi) is 4.56. The topological polar surface area (TPSA) is 39.2 Å². The van der Waals surface area contributed by atoms with E-state index in [1.165, 1.54) is 0 Å². The highest BCUT2D eigenvalue weighted by molar-refractivity contribution is 9.10. The first kappa shape index (κ1) is 14.4. The van der Waals surface area contributed by atoms with Crippen LogP contribution in [0.3, 0.4) is 0 Å². The Morgan fingerprint density at radius 1 is 1.26 bits per heavy atom. The Labute approximate surface area is 121 Å². The summed E-state index contributed by atoms with van der Waals surface area (Å²) in [6, 6.07) is 12.9. The molecule has 0 bridgehead atoms. The quantitative estimate of drug-likeness (QED) is 0.801. The number of rotatable bonds is 4. The first-order chi connectivity index (χ1) is 9.06. The molecule has 0 aliphatic carbocycles. The minimum atomic E-state index is -3.12. The molecule has 0 amide bonds. The summed E-state index contributed by atoms with van der Waals surface area (Å²) < 4.78 is 19.7. The van der Waals surface area contributed by atoms with E-state index in [1.54, 1.807) is 6.07 Å². The van der Waals surface area contributed by atoms with Crippen molar-refractivity contribution < 1.29 is 9.09 Å². The van der Waals surface area contributed by atoms with Crippen LogP contribution < -0.4 is 10.7 Å². The number of halogens is 1. The monoisotopic (exact) mass is 339 g/mol. The maximum absolute atomic E-state index is 13.2. The molecule has 2 aromatic rings. The molecule has 1 aromatic heterocycles. The Morgan fingerprint density at radius 2 is 1.95 bits per heavy atom. The standard InChI is InChI=1S/C14H15BrNO2P/c1-3-18-19(17,13-7-5-4-6-8-13)14-10-12(15)9-11(2)16-14/h4-10H,3H2,1-2H3. The third kappa shape index (κ3) is 3.14. The van der Waals surface area contributed by atoms with Gasteiger partial charge in [-0.1, -0.05) is 34.1 Å². The van der Waals surface area contributed by atoms with Gasteiger partial charge >= 0.3 is 0 Å². The molecular formula is C14H15BrNO2P. The average Bonchev–Trinajstić information content (AvgIpc) is 2.39. The van der Waals surface area contributed by atoms with Crippen molar-refractivity contribution in [2.45, 2.75) is 13.8 Å². The summed E-state index contributed by atoms with van der Waals surface area (Å²) >= 11 is 3.41. The van der Waals surface area contributed by atoms with E-state index in [1.807, 2.05) is 50.2 Å². The lowest BCUT2D eigenvalue weighted by Gasteiger charge is -2.18. The van der Waals surface area contributed by atoms with Crippen LogP contribution in [0.15, 0.2) is 46.9 Å². The van der Waals surface area contributed by atoms with Crippen LogP contribution in [-0.2, 0) is 9.09 Å². The highest BCUT2D eigenvalue weighted by atomic mass is 79.9. The van der Waals surface area contributed by atoms with Crippen LogP contribution >= 0.6 is 23.3 Å². The molecule has 1 aromatic carbocycles. The van der Waals surface area contributed by atoms with Crippen LogP contribution in [0.2, 0.25) is 0 Å². The molecule has 2 rings (SSSR count). The SMILES string of the molecule is CCOP(=O)(c1ccccc1)c1cc(Br)cc(C)n1. The zero-order valence-corrected chi connectivity index (χ0v) is 13.3. The molecule has 3 nitrogen and oxygen atoms in total. The Balaban J connectivity index is 2.59. The maximum Gasteiger partial charge on any atom is 0.279 e. The lowest BCUT2D eigenvalue weighted by molar-refractivity contribution is 0.347. The summed E-state index contributed by atoms with van der Waals surface area (Å²) in [5.74, 6) is 0. The van der Waals surface area contributed by atoms with Crippen LogP contribution in [0.1, 0.15) is 12.6 Å². The molecule has 100 valence electrons. The summed E-state index contributed by atoms with van der Waals surface area (Å²) in [6.45, 7) is 4.08. The number of aryl methyl sites for hydroxylation is 1. The van der Waals surface area contributed by atoms with Crippen molar-refractivity contribution >= 4 is 34.0 Å². The van der Waals surface area contributed by atoms with Crippen LogP contribution in [0.4, 0.5) is 0 Å². The Hall–Kier alpha value is -0.960. The summed E-state index contributed by atoms with van der Waals surface area (Å²) in [7, 11) is -3.12. The fourth-order valence-corrected chi connectivity index (χ4v) is 4.64. The van der Waals surface area contributed by atoms with Gasteiger partial charge in [0.2, 0.25) is 0 Å². The van der Waals surface area contributed by atoms with Crippen LogP contribution in [-0.4, -0.2) is 11.6 Å². The average molecular weight is 340 g/mol. The fourth-order valence-electron chi connectivity index (χ4n) is 1.84. The molecular weight excluding hydrogens is 325 g/mol. The molecule has 0 saturated carbocycles. The van der Waals surface area contributed by atoms with Gasteiger partial charge in [-0.25, -0.2) is 4.98 Å². The highest BCUT2D eigenvalue weighted by Crippen LogP contribution is 2.44. The van der Waals surface area contributed by atoms with Gasteiger partial charge in [0.25, 0.3) is 7.37 Å². The molecule has 0 fully saturated rings. The minimum absolute atomic E-state index is 0.374. The zero-order chi connectivity index (χ0) is 13.9. The molecule has 1 unspecified atom stereocenters. The molecule has 1 heterocycles. The van der Waals surface area contributed by atoms with Gasteiger partial charge in [0.1, 0.15) is 5.44 Å². The Bertz CT molecular complexity index is 596. The van der Waals surface area contributed by atoms with E-state index in [0.717, 1.165) is 10.2 Å². The van der Waals surface area contributed by atoms with Crippen molar-refractivity contribution in [1.82, 2.24) is 4.98 Å². The molecule has 5 heteroatoms. The van der Waals surface area contributed by atoms with Crippen LogP contribution in [0.5, 0.6) is 0 Å². The number of hydrogen-bond donors (Lipinski definition) is 0. The summed E-state index contributed by atoms with van der Waals surface area (Å²) in [4.78, 5) is 4.38. The van der Waals surface area contributed by atoms with Gasteiger partial charge in [-0.15, -0.1) is 0 Å². The maximum atomic E-state index is 13.2. The van der Waals surface area contributed by atoms with E-state index < -0.39 is 7.37 Å². The number of hydrogen-bond acceptors (Lipinski definition) is 3. The van der Waals surface area contributed by atoms with Crippen molar-refractivity contribution in [3.05, 3.63) is 52.6 Å². The molecule has 0 aliphatic heterocycles. The largest absolute Gasteiger partial charge is 0.321 e. The minimum Gasteiger partial charge on any atom is -0.321 e. The number of benzene rings is 1. The normalized spacial score (nSPS) is 14.1. The number of pyridine rings is 1. The smallest absolute Gasteiger partial charge is 0.279 e.